The Bertz CT molecular complexity index is 849. The molecule has 0 aliphatic carbocycles. The summed E-state index contributed by atoms with van der Waals surface area (Å²) in [6.07, 6.45) is 4.10. The van der Waals surface area contributed by atoms with Gasteiger partial charge in [0.15, 0.2) is 0 Å². The third-order valence-electron chi connectivity index (χ3n) is 4.11. The van der Waals surface area contributed by atoms with Gasteiger partial charge in [0, 0.05) is 51.2 Å². The monoisotopic (exact) mass is 322 g/mol. The second-order valence-corrected chi connectivity index (χ2v) is 6.15. The zero-order valence-electron chi connectivity index (χ0n) is 14.3. The van der Waals surface area contributed by atoms with E-state index in [1.807, 2.05) is 56.2 Å². The molecule has 5 nitrogen and oxygen atoms in total. The Hall–Kier alpha value is -2.82. The molecule has 0 unspecified atom stereocenters. The van der Waals surface area contributed by atoms with Crippen LogP contribution in [0.15, 0.2) is 48.8 Å². The molecule has 0 spiro atoms. The molecule has 0 fully saturated rings. The minimum absolute atomic E-state index is 0.0167. The Kier molecular flexibility index (Phi) is 4.51. The molecule has 1 aromatic carbocycles. The number of rotatable bonds is 5. The van der Waals surface area contributed by atoms with E-state index in [0.717, 1.165) is 27.8 Å². The molecular weight excluding hydrogens is 300 g/mol. The summed E-state index contributed by atoms with van der Waals surface area (Å²) in [7, 11) is 5.97. The molecule has 0 saturated heterocycles. The number of aromatic nitrogens is 2. The Labute approximate surface area is 141 Å². The van der Waals surface area contributed by atoms with Crippen LogP contribution in [0.2, 0.25) is 0 Å². The highest BCUT2D eigenvalue weighted by molar-refractivity contribution is 5.87. The van der Waals surface area contributed by atoms with Crippen LogP contribution in [-0.4, -0.2) is 29.6 Å². The first kappa shape index (κ1) is 16.1. The Morgan fingerprint density at radius 2 is 1.96 bits per heavy atom. The van der Waals surface area contributed by atoms with E-state index in [1.165, 1.54) is 0 Å². The van der Waals surface area contributed by atoms with Crippen molar-refractivity contribution >= 4 is 22.6 Å². The first-order valence-corrected chi connectivity index (χ1v) is 7.96. The van der Waals surface area contributed by atoms with Crippen LogP contribution in [0, 0.1) is 0 Å². The normalized spacial score (nSPS) is 10.8. The molecule has 0 aliphatic heterocycles. The summed E-state index contributed by atoms with van der Waals surface area (Å²) in [5, 5.41) is 4.02. The van der Waals surface area contributed by atoms with E-state index in [4.69, 9.17) is 0 Å². The molecule has 24 heavy (non-hydrogen) atoms. The summed E-state index contributed by atoms with van der Waals surface area (Å²) < 4.78 is 1.96. The molecule has 0 radical (unpaired) electrons. The van der Waals surface area contributed by atoms with E-state index in [-0.39, 0.29) is 5.91 Å². The fourth-order valence-corrected chi connectivity index (χ4v) is 2.78. The van der Waals surface area contributed by atoms with Crippen molar-refractivity contribution in [1.82, 2.24) is 14.9 Å². The number of carbonyl (C=O) groups is 1. The van der Waals surface area contributed by atoms with E-state index in [0.29, 0.717) is 13.0 Å². The summed E-state index contributed by atoms with van der Waals surface area (Å²) in [5.74, 6) is 0.0167. The van der Waals surface area contributed by atoms with Gasteiger partial charge in [-0.1, -0.05) is 12.1 Å². The zero-order valence-corrected chi connectivity index (χ0v) is 14.3. The van der Waals surface area contributed by atoms with Gasteiger partial charge in [-0.15, -0.1) is 0 Å². The van der Waals surface area contributed by atoms with Crippen LogP contribution in [0.3, 0.4) is 0 Å². The average molecular weight is 322 g/mol. The highest BCUT2D eigenvalue weighted by atomic mass is 16.1. The zero-order chi connectivity index (χ0) is 17.1. The topological polar surface area (TPSA) is 50.2 Å². The highest BCUT2D eigenvalue weighted by Gasteiger charge is 2.11. The van der Waals surface area contributed by atoms with Crippen molar-refractivity contribution in [2.45, 2.75) is 13.0 Å². The summed E-state index contributed by atoms with van der Waals surface area (Å²) in [6.45, 7) is 0.537. The number of fused-ring (bicyclic) bond motifs is 1. The molecule has 2 heterocycles. The number of carbonyl (C=O) groups excluding carboxylic acids is 1. The van der Waals surface area contributed by atoms with Crippen LogP contribution in [0.5, 0.6) is 0 Å². The lowest BCUT2D eigenvalue weighted by Crippen LogP contribution is -2.24. The largest absolute Gasteiger partial charge is 0.378 e. The molecule has 0 saturated carbocycles. The van der Waals surface area contributed by atoms with Crippen molar-refractivity contribution in [3.63, 3.8) is 0 Å². The Balaban J connectivity index is 1.63. The predicted octanol–water partition coefficient (Wildman–Crippen LogP) is 2.50. The molecule has 1 N–H and O–H groups in total. The van der Waals surface area contributed by atoms with Crippen LogP contribution in [0.4, 0.5) is 5.69 Å². The van der Waals surface area contributed by atoms with Crippen molar-refractivity contribution < 1.29 is 4.79 Å². The number of amides is 1. The average Bonchev–Trinajstić information content (AvgIpc) is 2.90. The summed E-state index contributed by atoms with van der Waals surface area (Å²) in [4.78, 5) is 18.7. The van der Waals surface area contributed by atoms with Crippen molar-refractivity contribution in [3.05, 3.63) is 59.9 Å². The maximum absolute atomic E-state index is 12.3. The van der Waals surface area contributed by atoms with Gasteiger partial charge in [-0.25, -0.2) is 4.98 Å². The number of hydrogen-bond donors (Lipinski definition) is 1. The predicted molar refractivity (Wildman–Crippen MR) is 97.0 cm³/mol. The van der Waals surface area contributed by atoms with Crippen molar-refractivity contribution in [1.29, 1.82) is 0 Å². The third-order valence-corrected chi connectivity index (χ3v) is 4.11. The fourth-order valence-electron chi connectivity index (χ4n) is 2.78. The van der Waals surface area contributed by atoms with E-state index in [9.17, 15) is 4.79 Å². The van der Waals surface area contributed by atoms with Crippen molar-refractivity contribution in [2.24, 2.45) is 7.05 Å². The number of nitrogens with one attached hydrogen (secondary N) is 1. The smallest absolute Gasteiger partial charge is 0.224 e. The van der Waals surface area contributed by atoms with Gasteiger partial charge in [0.05, 0.1) is 6.42 Å². The molecule has 0 aliphatic rings. The standard InChI is InChI=1S/C19H22N4O/c1-22(2)16-8-6-14(7-9-16)12-21-18(24)11-15-13-23(3)19-17(15)5-4-10-20-19/h4-10,13H,11-12H2,1-3H3,(H,21,24). The summed E-state index contributed by atoms with van der Waals surface area (Å²) in [5.41, 5.74) is 4.14. The Morgan fingerprint density at radius 1 is 1.21 bits per heavy atom. The summed E-state index contributed by atoms with van der Waals surface area (Å²) >= 11 is 0. The van der Waals surface area contributed by atoms with Crippen molar-refractivity contribution in [3.8, 4) is 0 Å². The lowest BCUT2D eigenvalue weighted by Gasteiger charge is -2.12. The van der Waals surface area contributed by atoms with Crippen LogP contribution in [0.25, 0.3) is 11.0 Å². The molecule has 2 aromatic heterocycles. The maximum Gasteiger partial charge on any atom is 0.224 e. The van der Waals surface area contributed by atoms with Gasteiger partial charge >= 0.3 is 0 Å². The molecular formula is C19H22N4O. The fraction of sp³-hybridized carbons (Fsp3) is 0.263. The van der Waals surface area contributed by atoms with Gasteiger partial charge in [-0.3, -0.25) is 4.79 Å². The van der Waals surface area contributed by atoms with Crippen LogP contribution in [0.1, 0.15) is 11.1 Å². The highest BCUT2D eigenvalue weighted by Crippen LogP contribution is 2.18. The van der Waals surface area contributed by atoms with Gasteiger partial charge in [-0.2, -0.15) is 0 Å². The number of hydrogen-bond acceptors (Lipinski definition) is 3. The van der Waals surface area contributed by atoms with Gasteiger partial charge < -0.3 is 14.8 Å². The molecule has 3 rings (SSSR count). The molecule has 5 heteroatoms. The molecule has 0 bridgehead atoms. The van der Waals surface area contributed by atoms with Crippen LogP contribution < -0.4 is 10.2 Å². The van der Waals surface area contributed by atoms with Gasteiger partial charge in [0.2, 0.25) is 5.91 Å². The van der Waals surface area contributed by atoms with E-state index >= 15 is 0 Å². The number of aryl methyl sites for hydroxylation is 1. The van der Waals surface area contributed by atoms with Gasteiger partial charge in [-0.05, 0) is 35.4 Å². The minimum Gasteiger partial charge on any atom is -0.378 e. The second kappa shape index (κ2) is 6.74. The number of pyridine rings is 1. The lowest BCUT2D eigenvalue weighted by atomic mass is 10.1. The molecule has 0 atom stereocenters. The first-order valence-electron chi connectivity index (χ1n) is 7.96. The third kappa shape index (κ3) is 3.40. The van der Waals surface area contributed by atoms with Gasteiger partial charge in [0.25, 0.3) is 0 Å². The van der Waals surface area contributed by atoms with Crippen LogP contribution >= 0.6 is 0 Å². The SMILES string of the molecule is CN(C)c1ccc(CNC(=O)Cc2cn(C)c3ncccc23)cc1. The van der Waals surface area contributed by atoms with Crippen LogP contribution in [-0.2, 0) is 24.8 Å². The van der Waals surface area contributed by atoms with E-state index < -0.39 is 0 Å². The lowest BCUT2D eigenvalue weighted by molar-refractivity contribution is -0.120. The number of benzene rings is 1. The number of nitrogens with zero attached hydrogens (tertiary/aromatic N) is 3. The van der Waals surface area contributed by atoms with E-state index in [2.05, 4.69) is 27.3 Å². The van der Waals surface area contributed by atoms with Crippen molar-refractivity contribution in [2.75, 3.05) is 19.0 Å². The Morgan fingerprint density at radius 3 is 2.67 bits per heavy atom. The quantitative estimate of drug-likeness (QED) is 0.785. The van der Waals surface area contributed by atoms with Gasteiger partial charge in [0.1, 0.15) is 5.65 Å². The molecule has 1 amide bonds. The summed E-state index contributed by atoms with van der Waals surface area (Å²) in [6, 6.07) is 12.1. The second-order valence-electron chi connectivity index (χ2n) is 6.15. The first-order chi connectivity index (χ1) is 11.5. The molecule has 3 aromatic rings. The van der Waals surface area contributed by atoms with E-state index in [1.54, 1.807) is 6.20 Å². The minimum atomic E-state index is 0.0167. The molecule has 124 valence electrons. The maximum atomic E-state index is 12.3. The number of anilines is 1.